The topological polar surface area (TPSA) is 83.0 Å². The number of hydrogen-bond donors (Lipinski definition) is 0. The van der Waals surface area contributed by atoms with Crippen LogP contribution in [0, 0.1) is 5.92 Å². The van der Waals surface area contributed by atoms with Gasteiger partial charge in [0.05, 0.1) is 18.6 Å². The Morgan fingerprint density at radius 1 is 1.12 bits per heavy atom. The lowest BCUT2D eigenvalue weighted by molar-refractivity contribution is -0.142. The molecule has 3 fully saturated rings. The molecule has 3 heterocycles. The third-order valence-electron chi connectivity index (χ3n) is 7.37. The fraction of sp³-hybridized carbons (Fsp3) is 0.462. The molecular formula is C26H30N4O4. The van der Waals surface area contributed by atoms with E-state index in [9.17, 15) is 14.4 Å². The molecule has 0 unspecified atom stereocenters. The number of amides is 3. The van der Waals surface area contributed by atoms with Crippen molar-refractivity contribution in [2.45, 2.75) is 44.2 Å². The van der Waals surface area contributed by atoms with Gasteiger partial charge < -0.3 is 19.4 Å². The first-order valence-electron chi connectivity index (χ1n) is 11.9. The zero-order valence-electron chi connectivity index (χ0n) is 19.5. The molecule has 3 aliphatic rings. The Hall–Kier alpha value is -3.42. The molecule has 1 aromatic heterocycles. The first kappa shape index (κ1) is 22.4. The second kappa shape index (κ2) is 9.08. The number of rotatable bonds is 5. The minimum absolute atomic E-state index is 0.0269. The van der Waals surface area contributed by atoms with Crippen LogP contribution in [-0.4, -0.2) is 64.8 Å². The van der Waals surface area contributed by atoms with Gasteiger partial charge in [0.25, 0.3) is 0 Å². The molecule has 1 aromatic carbocycles. The van der Waals surface area contributed by atoms with E-state index in [4.69, 9.17) is 4.74 Å². The zero-order valence-corrected chi connectivity index (χ0v) is 19.5. The first-order chi connectivity index (χ1) is 16.5. The fourth-order valence-electron chi connectivity index (χ4n) is 5.76. The Kier molecular flexibility index (Phi) is 5.98. The Labute approximate surface area is 199 Å². The van der Waals surface area contributed by atoms with E-state index in [1.54, 1.807) is 29.3 Å². The normalized spacial score (nSPS) is 22.0. The molecule has 178 valence electrons. The van der Waals surface area contributed by atoms with Crippen LogP contribution < -0.4 is 9.64 Å². The van der Waals surface area contributed by atoms with Crippen LogP contribution in [0.2, 0.25) is 0 Å². The van der Waals surface area contributed by atoms with Crippen LogP contribution in [0.5, 0.6) is 5.75 Å². The van der Waals surface area contributed by atoms with Gasteiger partial charge in [-0.1, -0.05) is 18.9 Å². The van der Waals surface area contributed by atoms with E-state index in [1.165, 1.54) is 0 Å². The third-order valence-corrected chi connectivity index (χ3v) is 7.37. The second-order valence-corrected chi connectivity index (χ2v) is 9.59. The number of pyridine rings is 1. The Balaban J connectivity index is 1.32. The van der Waals surface area contributed by atoms with Crippen molar-refractivity contribution in [1.82, 2.24) is 14.8 Å². The molecule has 2 aliphatic heterocycles. The smallest absolute Gasteiger partial charge is 0.247 e. The van der Waals surface area contributed by atoms with Crippen LogP contribution in [0.25, 0.3) is 0 Å². The van der Waals surface area contributed by atoms with Crippen molar-refractivity contribution in [2.75, 3.05) is 31.6 Å². The molecule has 3 amide bonds. The summed E-state index contributed by atoms with van der Waals surface area (Å²) in [4.78, 5) is 49.0. The lowest BCUT2D eigenvalue weighted by Gasteiger charge is -2.49. The van der Waals surface area contributed by atoms with Crippen LogP contribution in [-0.2, 0) is 20.9 Å². The van der Waals surface area contributed by atoms with Gasteiger partial charge in [0, 0.05) is 44.1 Å². The van der Waals surface area contributed by atoms with Crippen molar-refractivity contribution in [3.8, 4) is 5.75 Å². The van der Waals surface area contributed by atoms with Crippen LogP contribution in [0.3, 0.4) is 0 Å². The number of ether oxygens (including phenoxy) is 1. The minimum atomic E-state index is -0.414. The predicted octanol–water partition coefficient (Wildman–Crippen LogP) is 2.63. The molecule has 34 heavy (non-hydrogen) atoms. The van der Waals surface area contributed by atoms with Crippen molar-refractivity contribution in [1.29, 1.82) is 0 Å². The summed E-state index contributed by atoms with van der Waals surface area (Å²) >= 11 is 0. The molecule has 2 saturated heterocycles. The van der Waals surface area contributed by atoms with Gasteiger partial charge in [-0.3, -0.25) is 19.4 Å². The summed E-state index contributed by atoms with van der Waals surface area (Å²) in [7, 11) is 1.62. The number of likely N-dealkylation sites (tertiary alicyclic amines) is 1. The lowest BCUT2D eigenvalue weighted by atomic mass is 9.89. The maximum absolute atomic E-state index is 13.5. The van der Waals surface area contributed by atoms with Gasteiger partial charge in [-0.2, -0.15) is 0 Å². The average Bonchev–Trinajstić information content (AvgIpc) is 3.46. The number of nitrogens with zero attached hydrogens (tertiary/aromatic N) is 4. The van der Waals surface area contributed by atoms with Crippen molar-refractivity contribution >= 4 is 23.4 Å². The Morgan fingerprint density at radius 3 is 2.56 bits per heavy atom. The molecule has 1 spiro atoms. The van der Waals surface area contributed by atoms with Gasteiger partial charge >= 0.3 is 0 Å². The molecule has 8 nitrogen and oxygen atoms in total. The highest BCUT2D eigenvalue weighted by atomic mass is 16.5. The average molecular weight is 463 g/mol. The summed E-state index contributed by atoms with van der Waals surface area (Å²) in [5.74, 6) is 0.149. The minimum Gasteiger partial charge on any atom is -0.497 e. The summed E-state index contributed by atoms with van der Waals surface area (Å²) in [6, 6.07) is 11.3. The maximum Gasteiger partial charge on any atom is 0.247 e. The second-order valence-electron chi connectivity index (χ2n) is 9.59. The van der Waals surface area contributed by atoms with Crippen molar-refractivity contribution in [2.24, 2.45) is 5.92 Å². The van der Waals surface area contributed by atoms with E-state index in [0.29, 0.717) is 19.6 Å². The van der Waals surface area contributed by atoms with Crippen LogP contribution in [0.15, 0.2) is 48.8 Å². The van der Waals surface area contributed by atoms with Crippen LogP contribution >= 0.6 is 0 Å². The summed E-state index contributed by atoms with van der Waals surface area (Å²) in [6.45, 7) is 1.38. The number of carbonyl (C=O) groups excluding carboxylic acids is 3. The molecule has 1 saturated carbocycles. The number of hydrogen-bond acceptors (Lipinski definition) is 5. The SMILES string of the molecule is COc1ccc(N2C(=O)CN(C(=O)[C@@H]3CC(=O)N(Cc4cccnc4)C3)CC23CCCC3)cc1. The van der Waals surface area contributed by atoms with E-state index < -0.39 is 11.5 Å². The third kappa shape index (κ3) is 4.13. The molecule has 0 N–H and O–H groups in total. The van der Waals surface area contributed by atoms with E-state index in [-0.39, 0.29) is 30.7 Å². The molecule has 0 radical (unpaired) electrons. The summed E-state index contributed by atoms with van der Waals surface area (Å²) in [6.07, 6.45) is 7.42. The lowest BCUT2D eigenvalue weighted by Crippen LogP contribution is -2.65. The van der Waals surface area contributed by atoms with E-state index >= 15 is 0 Å². The van der Waals surface area contributed by atoms with Crippen molar-refractivity contribution < 1.29 is 19.1 Å². The van der Waals surface area contributed by atoms with E-state index in [1.807, 2.05) is 41.3 Å². The van der Waals surface area contributed by atoms with Crippen LogP contribution in [0.4, 0.5) is 5.69 Å². The van der Waals surface area contributed by atoms with Crippen molar-refractivity contribution in [3.63, 3.8) is 0 Å². The van der Waals surface area contributed by atoms with Crippen molar-refractivity contribution in [3.05, 3.63) is 54.4 Å². The van der Waals surface area contributed by atoms with Gasteiger partial charge in [0.15, 0.2) is 0 Å². The summed E-state index contributed by atoms with van der Waals surface area (Å²) in [5.41, 5.74) is 1.40. The monoisotopic (exact) mass is 462 g/mol. The number of aromatic nitrogens is 1. The Morgan fingerprint density at radius 2 is 1.88 bits per heavy atom. The molecule has 8 heteroatoms. The molecule has 5 rings (SSSR count). The first-order valence-corrected chi connectivity index (χ1v) is 11.9. The maximum atomic E-state index is 13.5. The predicted molar refractivity (Wildman–Crippen MR) is 126 cm³/mol. The van der Waals surface area contributed by atoms with E-state index in [2.05, 4.69) is 4.98 Å². The van der Waals surface area contributed by atoms with Crippen LogP contribution in [0.1, 0.15) is 37.7 Å². The number of carbonyl (C=O) groups is 3. The highest BCUT2D eigenvalue weighted by Crippen LogP contribution is 2.42. The van der Waals surface area contributed by atoms with E-state index in [0.717, 1.165) is 42.7 Å². The molecular weight excluding hydrogens is 432 g/mol. The molecule has 0 bridgehead atoms. The van der Waals surface area contributed by atoms with Gasteiger partial charge in [-0.15, -0.1) is 0 Å². The standard InChI is InChI=1S/C26H30N4O4/c1-34-22-8-6-21(7-9-22)30-24(32)17-29(18-26(30)10-2-3-11-26)25(33)20-13-23(31)28(16-20)15-19-5-4-12-27-14-19/h4-9,12,14,20H,2-3,10-11,13,15-18H2,1H3/t20-/m1/s1. The Bertz CT molecular complexity index is 1070. The number of anilines is 1. The molecule has 1 atom stereocenters. The highest BCUT2D eigenvalue weighted by Gasteiger charge is 2.50. The van der Waals surface area contributed by atoms with Gasteiger partial charge in [0.1, 0.15) is 12.3 Å². The molecule has 1 aliphatic carbocycles. The molecule has 2 aromatic rings. The summed E-state index contributed by atoms with van der Waals surface area (Å²) < 4.78 is 5.27. The largest absolute Gasteiger partial charge is 0.497 e. The quantitative estimate of drug-likeness (QED) is 0.682. The number of benzene rings is 1. The highest BCUT2D eigenvalue weighted by molar-refractivity contribution is 6.00. The van der Waals surface area contributed by atoms with Gasteiger partial charge in [-0.25, -0.2) is 0 Å². The summed E-state index contributed by atoms with van der Waals surface area (Å²) in [5, 5.41) is 0. The fourth-order valence-corrected chi connectivity index (χ4v) is 5.76. The number of methoxy groups -OCH3 is 1. The van der Waals surface area contributed by atoms with Gasteiger partial charge in [-0.05, 0) is 48.7 Å². The zero-order chi connectivity index (χ0) is 23.7. The van der Waals surface area contributed by atoms with Gasteiger partial charge in [0.2, 0.25) is 17.7 Å². The number of piperazine rings is 1.